The summed E-state index contributed by atoms with van der Waals surface area (Å²) in [6.07, 6.45) is 2.30. The SMILES string of the molecule is CCCCNC(=S)Nc1ccc2cc3ccccc3cc2c1.[HH].[HH]. The number of unbranched alkanes of at least 4 members (excludes halogenated alkanes) is 1. The molecule has 0 fully saturated rings. The Morgan fingerprint density at radius 3 is 2.36 bits per heavy atom. The van der Waals surface area contributed by atoms with Crippen LogP contribution in [0.2, 0.25) is 0 Å². The Kier molecular flexibility index (Phi) is 4.54. The molecule has 0 heterocycles. The second-order valence-corrected chi connectivity index (χ2v) is 5.90. The smallest absolute Gasteiger partial charge is 0.170 e. The van der Waals surface area contributed by atoms with Gasteiger partial charge in [0.25, 0.3) is 0 Å². The Morgan fingerprint density at radius 1 is 0.955 bits per heavy atom. The molecule has 2 nitrogen and oxygen atoms in total. The first-order valence-electron chi connectivity index (χ1n) is 7.73. The van der Waals surface area contributed by atoms with Crippen molar-refractivity contribution in [2.75, 3.05) is 11.9 Å². The molecule has 0 atom stereocenters. The molecule has 0 saturated heterocycles. The van der Waals surface area contributed by atoms with E-state index < -0.39 is 0 Å². The number of nitrogens with one attached hydrogen (secondary N) is 2. The highest BCUT2D eigenvalue weighted by Crippen LogP contribution is 2.25. The maximum absolute atomic E-state index is 5.33. The normalized spacial score (nSPS) is 10.8. The second-order valence-electron chi connectivity index (χ2n) is 5.50. The van der Waals surface area contributed by atoms with E-state index >= 15 is 0 Å². The maximum Gasteiger partial charge on any atom is 0.170 e. The van der Waals surface area contributed by atoms with E-state index in [2.05, 4.69) is 72.2 Å². The lowest BCUT2D eigenvalue weighted by atomic mass is 10.0. The third kappa shape index (κ3) is 3.37. The molecule has 3 heteroatoms. The molecule has 0 amide bonds. The van der Waals surface area contributed by atoms with Gasteiger partial charge in [-0.25, -0.2) is 0 Å². The molecule has 3 aromatic rings. The molecule has 0 saturated carbocycles. The van der Waals surface area contributed by atoms with E-state index in [1.807, 2.05) is 0 Å². The van der Waals surface area contributed by atoms with Gasteiger partial charge >= 0.3 is 0 Å². The molecular weight excluding hydrogens is 288 g/mol. The van der Waals surface area contributed by atoms with Gasteiger partial charge in [0.1, 0.15) is 0 Å². The monoisotopic (exact) mass is 312 g/mol. The zero-order valence-corrected chi connectivity index (χ0v) is 13.5. The standard InChI is InChI=1S/C19H20N2S.2H2/c1-2-3-10-20-19(22)21-18-9-8-16-11-14-6-4-5-7-15(14)12-17(16)13-18;;/h4-9,11-13H,2-3,10H2,1H3,(H2,20,21,22);2*1H. The van der Waals surface area contributed by atoms with E-state index in [1.165, 1.54) is 28.0 Å². The molecule has 0 radical (unpaired) electrons. The van der Waals surface area contributed by atoms with Crippen molar-refractivity contribution >= 4 is 44.6 Å². The highest BCUT2D eigenvalue weighted by molar-refractivity contribution is 7.80. The summed E-state index contributed by atoms with van der Waals surface area (Å²) in [6, 6.07) is 19.3. The third-order valence-electron chi connectivity index (χ3n) is 3.78. The number of hydrogen-bond donors (Lipinski definition) is 2. The third-order valence-corrected chi connectivity index (χ3v) is 4.02. The highest BCUT2D eigenvalue weighted by Gasteiger charge is 2.01. The van der Waals surface area contributed by atoms with Crippen molar-refractivity contribution in [2.45, 2.75) is 19.8 Å². The molecule has 3 rings (SSSR count). The van der Waals surface area contributed by atoms with E-state index in [0.29, 0.717) is 5.11 Å². The number of anilines is 1. The average Bonchev–Trinajstić information content (AvgIpc) is 2.53. The summed E-state index contributed by atoms with van der Waals surface area (Å²) < 4.78 is 0. The van der Waals surface area contributed by atoms with Crippen molar-refractivity contribution in [2.24, 2.45) is 0 Å². The molecule has 22 heavy (non-hydrogen) atoms. The first kappa shape index (κ1) is 14.8. The topological polar surface area (TPSA) is 24.1 Å². The van der Waals surface area contributed by atoms with Crippen LogP contribution in [-0.2, 0) is 0 Å². The van der Waals surface area contributed by atoms with Gasteiger partial charge in [-0.3, -0.25) is 0 Å². The summed E-state index contributed by atoms with van der Waals surface area (Å²) in [5.74, 6) is 0. The van der Waals surface area contributed by atoms with Gasteiger partial charge in [-0.2, -0.15) is 0 Å². The van der Waals surface area contributed by atoms with Crippen LogP contribution in [0.25, 0.3) is 21.5 Å². The molecule has 0 aliphatic rings. The molecule has 0 aliphatic heterocycles. The Bertz CT molecular complexity index is 821. The minimum absolute atomic E-state index is 0. The predicted octanol–water partition coefficient (Wildman–Crippen LogP) is 5.57. The van der Waals surface area contributed by atoms with Gasteiger partial charge in [0.15, 0.2) is 5.11 Å². The molecule has 2 N–H and O–H groups in total. The molecular formula is C19H24N2S. The van der Waals surface area contributed by atoms with Gasteiger partial charge in [-0.15, -0.1) is 0 Å². The van der Waals surface area contributed by atoms with E-state index in [9.17, 15) is 0 Å². The van der Waals surface area contributed by atoms with Crippen molar-refractivity contribution in [1.82, 2.24) is 5.32 Å². The first-order valence-corrected chi connectivity index (χ1v) is 8.14. The molecule has 116 valence electrons. The molecule has 0 bridgehead atoms. The van der Waals surface area contributed by atoms with Crippen LogP contribution >= 0.6 is 12.2 Å². The van der Waals surface area contributed by atoms with Crippen LogP contribution in [0.3, 0.4) is 0 Å². The Balaban J connectivity index is 0.00000144. The summed E-state index contributed by atoms with van der Waals surface area (Å²) in [6.45, 7) is 3.09. The lowest BCUT2D eigenvalue weighted by Gasteiger charge is -2.11. The maximum atomic E-state index is 5.33. The number of benzene rings is 3. The zero-order chi connectivity index (χ0) is 15.4. The van der Waals surface area contributed by atoms with Gasteiger partial charge in [0, 0.05) is 15.1 Å². The van der Waals surface area contributed by atoms with Gasteiger partial charge in [0.05, 0.1) is 0 Å². The number of thiocarbonyl (C=S) groups is 1. The van der Waals surface area contributed by atoms with Crippen molar-refractivity contribution in [3.05, 3.63) is 54.6 Å². The lowest BCUT2D eigenvalue weighted by Crippen LogP contribution is -2.29. The second kappa shape index (κ2) is 6.75. The van der Waals surface area contributed by atoms with Gasteiger partial charge in [-0.05, 0) is 64.4 Å². The van der Waals surface area contributed by atoms with E-state index in [0.717, 1.165) is 18.7 Å². The van der Waals surface area contributed by atoms with Crippen molar-refractivity contribution in [3.63, 3.8) is 0 Å². The molecule has 0 spiro atoms. The number of hydrogen-bond acceptors (Lipinski definition) is 1. The summed E-state index contributed by atoms with van der Waals surface area (Å²) in [5.41, 5.74) is 1.02. The average molecular weight is 312 g/mol. The van der Waals surface area contributed by atoms with E-state index in [4.69, 9.17) is 12.2 Å². The summed E-state index contributed by atoms with van der Waals surface area (Å²) in [7, 11) is 0. The minimum atomic E-state index is 0. The van der Waals surface area contributed by atoms with Crippen LogP contribution in [0.5, 0.6) is 0 Å². The quantitative estimate of drug-likeness (QED) is 0.374. The summed E-state index contributed by atoms with van der Waals surface area (Å²) >= 11 is 5.33. The highest BCUT2D eigenvalue weighted by atomic mass is 32.1. The van der Waals surface area contributed by atoms with Gasteiger partial charge in [-0.1, -0.05) is 43.7 Å². The van der Waals surface area contributed by atoms with Crippen molar-refractivity contribution in [1.29, 1.82) is 0 Å². The molecule has 3 aromatic carbocycles. The first-order chi connectivity index (χ1) is 10.8. The summed E-state index contributed by atoms with van der Waals surface area (Å²) in [4.78, 5) is 0. The van der Waals surface area contributed by atoms with Crippen molar-refractivity contribution in [3.8, 4) is 0 Å². The van der Waals surface area contributed by atoms with Gasteiger partial charge < -0.3 is 10.6 Å². The van der Waals surface area contributed by atoms with Crippen LogP contribution < -0.4 is 10.6 Å². The van der Waals surface area contributed by atoms with Crippen LogP contribution in [0.15, 0.2) is 54.6 Å². The van der Waals surface area contributed by atoms with Crippen molar-refractivity contribution < 1.29 is 2.85 Å². The Labute approximate surface area is 139 Å². The Hall–Kier alpha value is -2.13. The largest absolute Gasteiger partial charge is 0.362 e. The fourth-order valence-electron chi connectivity index (χ4n) is 2.57. The van der Waals surface area contributed by atoms with Crippen LogP contribution in [0, 0.1) is 0 Å². The number of fused-ring (bicyclic) bond motifs is 2. The van der Waals surface area contributed by atoms with Crippen LogP contribution in [0.4, 0.5) is 5.69 Å². The zero-order valence-electron chi connectivity index (χ0n) is 12.7. The van der Waals surface area contributed by atoms with E-state index in [1.54, 1.807) is 0 Å². The molecule has 0 aromatic heterocycles. The molecule has 0 unspecified atom stereocenters. The van der Waals surface area contributed by atoms with Crippen LogP contribution in [-0.4, -0.2) is 11.7 Å². The fourth-order valence-corrected chi connectivity index (χ4v) is 2.79. The van der Waals surface area contributed by atoms with Crippen LogP contribution in [0.1, 0.15) is 22.6 Å². The van der Waals surface area contributed by atoms with E-state index in [-0.39, 0.29) is 2.85 Å². The molecule has 0 aliphatic carbocycles. The fraction of sp³-hybridized carbons (Fsp3) is 0.211. The number of rotatable bonds is 4. The predicted molar refractivity (Wildman–Crippen MR) is 105 cm³/mol. The minimum Gasteiger partial charge on any atom is -0.362 e. The Morgan fingerprint density at radius 2 is 1.64 bits per heavy atom. The summed E-state index contributed by atoms with van der Waals surface area (Å²) in [5, 5.41) is 12.2. The van der Waals surface area contributed by atoms with Gasteiger partial charge in [0.2, 0.25) is 0 Å². The lowest BCUT2D eigenvalue weighted by molar-refractivity contribution is 0.758.